The van der Waals surface area contributed by atoms with E-state index in [0.717, 1.165) is 5.56 Å². The fraction of sp³-hybridized carbons (Fsp3) is 0.0556. The maximum Gasteiger partial charge on any atom is 0.265 e. The zero-order valence-electron chi connectivity index (χ0n) is 13.7. The molecule has 5 nitrogen and oxygen atoms in total. The van der Waals surface area contributed by atoms with Gasteiger partial charge in [0.2, 0.25) is 0 Å². The van der Waals surface area contributed by atoms with Crippen LogP contribution >= 0.6 is 22.9 Å². The molecule has 0 aliphatic heterocycles. The molecule has 0 aliphatic carbocycles. The fourth-order valence-electron chi connectivity index (χ4n) is 2.27. The van der Waals surface area contributed by atoms with Crippen LogP contribution in [0.2, 0.25) is 5.02 Å². The first-order valence-electron chi connectivity index (χ1n) is 7.59. The molecular weight excluding hydrogens is 392 g/mol. The average molecular weight is 407 g/mol. The van der Waals surface area contributed by atoms with Crippen LogP contribution in [0.25, 0.3) is 0 Å². The summed E-state index contributed by atoms with van der Waals surface area (Å²) >= 11 is 7.14. The van der Waals surface area contributed by atoms with E-state index in [2.05, 4.69) is 10.0 Å². The van der Waals surface area contributed by atoms with Crippen molar-refractivity contribution in [3.63, 3.8) is 0 Å². The van der Waals surface area contributed by atoms with Gasteiger partial charge in [-0.15, -0.1) is 11.3 Å². The van der Waals surface area contributed by atoms with Crippen LogP contribution in [0.15, 0.2) is 64.9 Å². The first-order valence-corrected chi connectivity index (χ1v) is 10.3. The Morgan fingerprint density at radius 2 is 1.77 bits per heavy atom. The van der Waals surface area contributed by atoms with Gasteiger partial charge in [0.05, 0.1) is 9.77 Å². The minimum atomic E-state index is -3.79. The SMILES string of the molecule is Cc1ccsc1C(=O)Nc1cccc(S(=O)(=O)Nc2ccc(Cl)cc2)c1. The third-order valence-electron chi connectivity index (χ3n) is 3.57. The molecule has 26 heavy (non-hydrogen) atoms. The number of carbonyl (C=O) groups is 1. The first-order chi connectivity index (χ1) is 12.3. The van der Waals surface area contributed by atoms with Crippen LogP contribution in [0, 0.1) is 6.92 Å². The Labute approximate surface area is 160 Å². The third kappa shape index (κ3) is 4.24. The van der Waals surface area contributed by atoms with Crippen LogP contribution in [0.5, 0.6) is 0 Å². The Hall–Kier alpha value is -2.35. The molecule has 134 valence electrons. The third-order valence-corrected chi connectivity index (χ3v) is 6.21. The molecular formula is C18H15ClN2O3S2. The van der Waals surface area contributed by atoms with Crippen molar-refractivity contribution in [1.82, 2.24) is 0 Å². The Balaban J connectivity index is 1.80. The van der Waals surface area contributed by atoms with Gasteiger partial charge in [-0.25, -0.2) is 8.42 Å². The molecule has 1 amide bonds. The van der Waals surface area contributed by atoms with E-state index in [9.17, 15) is 13.2 Å². The molecule has 3 aromatic rings. The second kappa shape index (κ2) is 7.49. The average Bonchev–Trinajstić information content (AvgIpc) is 3.03. The van der Waals surface area contributed by atoms with Gasteiger partial charge < -0.3 is 5.32 Å². The highest BCUT2D eigenvalue weighted by molar-refractivity contribution is 7.92. The summed E-state index contributed by atoms with van der Waals surface area (Å²) in [5, 5.41) is 5.08. The van der Waals surface area contributed by atoms with E-state index < -0.39 is 10.0 Å². The molecule has 0 saturated carbocycles. The van der Waals surface area contributed by atoms with Crippen molar-refractivity contribution in [3.8, 4) is 0 Å². The minimum Gasteiger partial charge on any atom is -0.321 e. The summed E-state index contributed by atoms with van der Waals surface area (Å²) < 4.78 is 27.6. The monoisotopic (exact) mass is 406 g/mol. The number of aryl methyl sites for hydroxylation is 1. The second-order valence-electron chi connectivity index (χ2n) is 5.53. The standard InChI is InChI=1S/C18H15ClN2O3S2/c1-12-9-10-25-17(12)18(22)20-15-3-2-4-16(11-15)26(23,24)21-14-7-5-13(19)6-8-14/h2-11,21H,1H3,(H,20,22). The Bertz CT molecular complexity index is 1040. The molecule has 1 aromatic heterocycles. The number of hydrogen-bond donors (Lipinski definition) is 2. The number of halogens is 1. The van der Waals surface area contributed by atoms with E-state index in [4.69, 9.17) is 11.6 Å². The maximum absolute atomic E-state index is 12.6. The molecule has 0 atom stereocenters. The molecule has 8 heteroatoms. The van der Waals surface area contributed by atoms with Crippen molar-refractivity contribution < 1.29 is 13.2 Å². The highest BCUT2D eigenvalue weighted by atomic mass is 35.5. The number of hydrogen-bond acceptors (Lipinski definition) is 4. The summed E-state index contributed by atoms with van der Waals surface area (Å²) in [6, 6.07) is 14.3. The lowest BCUT2D eigenvalue weighted by Crippen LogP contribution is -2.15. The Morgan fingerprint density at radius 1 is 1.04 bits per heavy atom. The van der Waals surface area contributed by atoms with Gasteiger partial charge in [0.1, 0.15) is 0 Å². The summed E-state index contributed by atoms with van der Waals surface area (Å²) in [4.78, 5) is 12.9. The first kappa shape index (κ1) is 18.4. The van der Waals surface area contributed by atoms with Gasteiger partial charge >= 0.3 is 0 Å². The van der Waals surface area contributed by atoms with E-state index >= 15 is 0 Å². The van der Waals surface area contributed by atoms with E-state index in [-0.39, 0.29) is 10.8 Å². The highest BCUT2D eigenvalue weighted by Crippen LogP contribution is 2.22. The lowest BCUT2D eigenvalue weighted by atomic mass is 10.2. The van der Waals surface area contributed by atoms with Crippen LogP contribution < -0.4 is 10.0 Å². The maximum atomic E-state index is 12.6. The molecule has 0 aliphatic rings. The van der Waals surface area contributed by atoms with Crippen molar-refractivity contribution in [2.75, 3.05) is 10.0 Å². The highest BCUT2D eigenvalue weighted by Gasteiger charge is 2.16. The summed E-state index contributed by atoms with van der Waals surface area (Å²) in [6.07, 6.45) is 0. The van der Waals surface area contributed by atoms with Gasteiger partial charge in [0.15, 0.2) is 0 Å². The van der Waals surface area contributed by atoms with Gasteiger partial charge in [-0.2, -0.15) is 0 Å². The summed E-state index contributed by atoms with van der Waals surface area (Å²) in [7, 11) is -3.79. The smallest absolute Gasteiger partial charge is 0.265 e. The van der Waals surface area contributed by atoms with Crippen LogP contribution in [-0.2, 0) is 10.0 Å². The van der Waals surface area contributed by atoms with Crippen molar-refractivity contribution in [2.45, 2.75) is 11.8 Å². The number of carbonyl (C=O) groups excluding carboxylic acids is 1. The van der Waals surface area contributed by atoms with Crippen molar-refractivity contribution in [3.05, 3.63) is 75.4 Å². The fourth-order valence-corrected chi connectivity index (χ4v) is 4.32. The molecule has 0 bridgehead atoms. The molecule has 0 radical (unpaired) electrons. The number of amides is 1. The van der Waals surface area contributed by atoms with Crippen LogP contribution in [-0.4, -0.2) is 14.3 Å². The van der Waals surface area contributed by atoms with Gasteiger partial charge in [-0.05, 0) is 66.4 Å². The van der Waals surface area contributed by atoms with Crippen molar-refractivity contribution in [1.29, 1.82) is 0 Å². The summed E-state index contributed by atoms with van der Waals surface area (Å²) in [5.74, 6) is -0.266. The zero-order chi connectivity index (χ0) is 18.7. The topological polar surface area (TPSA) is 75.3 Å². The second-order valence-corrected chi connectivity index (χ2v) is 8.56. The normalized spacial score (nSPS) is 11.2. The molecule has 3 rings (SSSR count). The predicted molar refractivity (Wildman–Crippen MR) is 106 cm³/mol. The summed E-state index contributed by atoms with van der Waals surface area (Å²) in [5.41, 5.74) is 1.68. The van der Waals surface area contributed by atoms with E-state index in [1.807, 2.05) is 18.4 Å². The number of nitrogens with one attached hydrogen (secondary N) is 2. The minimum absolute atomic E-state index is 0.0492. The molecule has 1 heterocycles. The number of sulfonamides is 1. The van der Waals surface area contributed by atoms with Crippen LogP contribution in [0.3, 0.4) is 0 Å². The van der Waals surface area contributed by atoms with Crippen molar-refractivity contribution in [2.24, 2.45) is 0 Å². The summed E-state index contributed by atoms with van der Waals surface area (Å²) in [6.45, 7) is 1.85. The molecule has 2 N–H and O–H groups in total. The van der Waals surface area contributed by atoms with E-state index in [0.29, 0.717) is 21.3 Å². The number of thiophene rings is 1. The quantitative estimate of drug-likeness (QED) is 0.641. The van der Waals surface area contributed by atoms with Gasteiger partial charge in [0.25, 0.3) is 15.9 Å². The Morgan fingerprint density at radius 3 is 2.42 bits per heavy atom. The number of rotatable bonds is 5. The molecule has 2 aromatic carbocycles. The lowest BCUT2D eigenvalue weighted by Gasteiger charge is -2.10. The van der Waals surface area contributed by atoms with Crippen LogP contribution in [0.1, 0.15) is 15.2 Å². The molecule has 0 spiro atoms. The largest absolute Gasteiger partial charge is 0.321 e. The van der Waals surface area contributed by atoms with E-state index in [1.54, 1.807) is 36.4 Å². The van der Waals surface area contributed by atoms with Gasteiger partial charge in [0, 0.05) is 16.4 Å². The van der Waals surface area contributed by atoms with Gasteiger partial charge in [-0.3, -0.25) is 9.52 Å². The lowest BCUT2D eigenvalue weighted by molar-refractivity contribution is 0.103. The Kier molecular flexibility index (Phi) is 5.31. The zero-order valence-corrected chi connectivity index (χ0v) is 16.1. The number of benzene rings is 2. The van der Waals surface area contributed by atoms with Crippen LogP contribution in [0.4, 0.5) is 11.4 Å². The molecule has 0 saturated heterocycles. The van der Waals surface area contributed by atoms with E-state index in [1.165, 1.54) is 23.5 Å². The van der Waals surface area contributed by atoms with Crippen molar-refractivity contribution >= 4 is 50.2 Å². The molecule has 0 unspecified atom stereocenters. The van der Waals surface area contributed by atoms with Gasteiger partial charge in [-0.1, -0.05) is 17.7 Å². The molecule has 0 fully saturated rings. The predicted octanol–water partition coefficient (Wildman–Crippen LogP) is 4.76. The number of anilines is 2.